The first-order valence-corrected chi connectivity index (χ1v) is 5.09. The molecule has 1 rings (SSSR count). The second kappa shape index (κ2) is 4.21. The van der Waals surface area contributed by atoms with Gasteiger partial charge in [0.25, 0.3) is 5.92 Å². The predicted molar refractivity (Wildman–Crippen MR) is 50.9 cm³/mol. The van der Waals surface area contributed by atoms with Crippen molar-refractivity contribution < 1.29 is 8.78 Å². The Hall–Kier alpha value is -0.400. The lowest BCUT2D eigenvalue weighted by Gasteiger charge is -2.28. The van der Waals surface area contributed by atoms with Gasteiger partial charge < -0.3 is 0 Å². The highest BCUT2D eigenvalue weighted by Crippen LogP contribution is 2.37. The van der Waals surface area contributed by atoms with Gasteiger partial charge in [-0.1, -0.05) is 26.3 Å². The van der Waals surface area contributed by atoms with Crippen molar-refractivity contribution in [3.8, 4) is 0 Å². The standard InChI is InChI=1S/C11H18F2/c1-9(2)10-7-5-3-4-6-8-11(10,12)13/h6,8-10H,3-5,7H2,1-2H3/b8-6-. The molecular weight excluding hydrogens is 170 g/mol. The quantitative estimate of drug-likeness (QED) is 0.545. The fourth-order valence-corrected chi connectivity index (χ4v) is 1.96. The van der Waals surface area contributed by atoms with Gasteiger partial charge in [0.2, 0.25) is 0 Å². The molecule has 2 heteroatoms. The van der Waals surface area contributed by atoms with Crippen LogP contribution in [0.15, 0.2) is 12.2 Å². The number of rotatable bonds is 1. The second-order valence-corrected chi connectivity index (χ2v) is 4.21. The van der Waals surface area contributed by atoms with Crippen LogP contribution in [0.4, 0.5) is 8.78 Å². The molecule has 0 saturated carbocycles. The van der Waals surface area contributed by atoms with E-state index in [0.29, 0.717) is 6.42 Å². The normalized spacial score (nSPS) is 31.0. The van der Waals surface area contributed by atoms with Crippen LogP contribution in [-0.2, 0) is 0 Å². The molecule has 0 aromatic rings. The van der Waals surface area contributed by atoms with E-state index in [9.17, 15) is 8.78 Å². The third kappa shape index (κ3) is 2.78. The van der Waals surface area contributed by atoms with Crippen molar-refractivity contribution in [2.24, 2.45) is 11.8 Å². The minimum absolute atomic E-state index is 0.0674. The summed E-state index contributed by atoms with van der Waals surface area (Å²) in [5.74, 6) is -2.99. The van der Waals surface area contributed by atoms with Crippen LogP contribution in [-0.4, -0.2) is 5.92 Å². The highest BCUT2D eigenvalue weighted by molar-refractivity contribution is 5.00. The largest absolute Gasteiger partial charge is 0.269 e. The maximum absolute atomic E-state index is 13.5. The van der Waals surface area contributed by atoms with Crippen molar-refractivity contribution in [3.05, 3.63) is 12.2 Å². The summed E-state index contributed by atoms with van der Waals surface area (Å²) in [5.41, 5.74) is 0. The molecule has 0 aromatic carbocycles. The van der Waals surface area contributed by atoms with E-state index in [1.165, 1.54) is 0 Å². The number of hydrogen-bond donors (Lipinski definition) is 0. The van der Waals surface area contributed by atoms with Gasteiger partial charge in [-0.15, -0.1) is 0 Å². The lowest BCUT2D eigenvalue weighted by atomic mass is 9.83. The number of halogens is 2. The molecule has 0 saturated heterocycles. The van der Waals surface area contributed by atoms with Crippen LogP contribution in [0.2, 0.25) is 0 Å². The highest BCUT2D eigenvalue weighted by atomic mass is 19.3. The Kier molecular flexibility index (Phi) is 3.46. The van der Waals surface area contributed by atoms with Crippen molar-refractivity contribution in [1.82, 2.24) is 0 Å². The molecule has 0 heterocycles. The van der Waals surface area contributed by atoms with Crippen molar-refractivity contribution in [2.45, 2.75) is 45.5 Å². The molecule has 0 amide bonds. The van der Waals surface area contributed by atoms with E-state index in [-0.39, 0.29) is 5.92 Å². The van der Waals surface area contributed by atoms with Crippen molar-refractivity contribution >= 4 is 0 Å². The molecular formula is C11H18F2. The van der Waals surface area contributed by atoms with E-state index in [4.69, 9.17) is 0 Å². The molecule has 76 valence electrons. The van der Waals surface area contributed by atoms with E-state index < -0.39 is 11.8 Å². The Morgan fingerprint density at radius 3 is 2.62 bits per heavy atom. The van der Waals surface area contributed by atoms with Gasteiger partial charge in [-0.05, 0) is 31.3 Å². The molecule has 1 atom stereocenters. The zero-order chi connectivity index (χ0) is 9.90. The van der Waals surface area contributed by atoms with Crippen LogP contribution in [0.5, 0.6) is 0 Å². The summed E-state index contributed by atoms with van der Waals surface area (Å²) in [6.45, 7) is 3.77. The molecule has 1 aliphatic carbocycles. The first-order valence-electron chi connectivity index (χ1n) is 5.09. The van der Waals surface area contributed by atoms with E-state index >= 15 is 0 Å². The fraction of sp³-hybridized carbons (Fsp3) is 0.818. The van der Waals surface area contributed by atoms with Crippen molar-refractivity contribution in [3.63, 3.8) is 0 Å². The predicted octanol–water partition coefficient (Wildman–Crippen LogP) is 4.02. The molecule has 0 aliphatic heterocycles. The lowest BCUT2D eigenvalue weighted by molar-refractivity contribution is -0.0349. The summed E-state index contributed by atoms with van der Waals surface area (Å²) >= 11 is 0. The molecule has 13 heavy (non-hydrogen) atoms. The molecule has 1 unspecified atom stereocenters. The molecule has 0 radical (unpaired) electrons. The van der Waals surface area contributed by atoms with E-state index in [0.717, 1.165) is 25.3 Å². The van der Waals surface area contributed by atoms with Crippen LogP contribution in [0.25, 0.3) is 0 Å². The third-order valence-corrected chi connectivity index (χ3v) is 2.78. The Morgan fingerprint density at radius 1 is 1.31 bits per heavy atom. The summed E-state index contributed by atoms with van der Waals surface area (Å²) in [7, 11) is 0. The fourth-order valence-electron chi connectivity index (χ4n) is 1.96. The summed E-state index contributed by atoms with van der Waals surface area (Å²) < 4.78 is 26.9. The Bertz CT molecular complexity index is 183. The Morgan fingerprint density at radius 2 is 2.00 bits per heavy atom. The van der Waals surface area contributed by atoms with Gasteiger partial charge in [0.1, 0.15) is 0 Å². The van der Waals surface area contributed by atoms with Gasteiger partial charge in [-0.3, -0.25) is 0 Å². The van der Waals surface area contributed by atoms with Gasteiger partial charge in [-0.2, -0.15) is 0 Å². The van der Waals surface area contributed by atoms with Gasteiger partial charge in [0.15, 0.2) is 0 Å². The van der Waals surface area contributed by atoms with Gasteiger partial charge in [0.05, 0.1) is 0 Å². The molecule has 0 spiro atoms. The van der Waals surface area contributed by atoms with Crippen molar-refractivity contribution in [1.29, 1.82) is 0 Å². The van der Waals surface area contributed by atoms with Crippen LogP contribution < -0.4 is 0 Å². The smallest absolute Gasteiger partial charge is 0.202 e. The van der Waals surface area contributed by atoms with Gasteiger partial charge in [0, 0.05) is 5.92 Å². The lowest BCUT2D eigenvalue weighted by Crippen LogP contribution is -2.30. The average Bonchev–Trinajstić information content (AvgIpc) is 1.97. The second-order valence-electron chi connectivity index (χ2n) is 4.21. The first kappa shape index (κ1) is 10.7. The zero-order valence-corrected chi connectivity index (χ0v) is 8.39. The average molecular weight is 188 g/mol. The zero-order valence-electron chi connectivity index (χ0n) is 8.39. The number of allylic oxidation sites excluding steroid dienone is 2. The maximum atomic E-state index is 13.5. The minimum Gasteiger partial charge on any atom is -0.202 e. The third-order valence-electron chi connectivity index (χ3n) is 2.78. The number of hydrogen-bond acceptors (Lipinski definition) is 0. The SMILES string of the molecule is CC(C)C1CCCC/C=C\C1(F)F. The Balaban J connectivity index is 2.76. The molecule has 0 aromatic heterocycles. The topological polar surface area (TPSA) is 0 Å². The van der Waals surface area contributed by atoms with Crippen molar-refractivity contribution in [2.75, 3.05) is 0 Å². The molecule has 0 bridgehead atoms. The van der Waals surface area contributed by atoms with E-state index in [1.807, 2.05) is 13.8 Å². The van der Waals surface area contributed by atoms with Crippen LogP contribution in [0.3, 0.4) is 0 Å². The van der Waals surface area contributed by atoms with E-state index in [1.54, 1.807) is 6.08 Å². The summed E-state index contributed by atoms with van der Waals surface area (Å²) in [4.78, 5) is 0. The maximum Gasteiger partial charge on any atom is 0.269 e. The number of alkyl halides is 2. The summed E-state index contributed by atoms with van der Waals surface area (Å²) in [6.07, 6.45) is 6.19. The van der Waals surface area contributed by atoms with Crippen LogP contribution >= 0.6 is 0 Å². The molecule has 1 aliphatic rings. The summed E-state index contributed by atoms with van der Waals surface area (Å²) in [5, 5.41) is 0. The van der Waals surface area contributed by atoms with E-state index in [2.05, 4.69) is 0 Å². The van der Waals surface area contributed by atoms with Gasteiger partial charge >= 0.3 is 0 Å². The summed E-state index contributed by atoms with van der Waals surface area (Å²) in [6, 6.07) is 0. The van der Waals surface area contributed by atoms with Crippen LogP contribution in [0.1, 0.15) is 39.5 Å². The van der Waals surface area contributed by atoms with Crippen LogP contribution in [0, 0.1) is 11.8 Å². The Labute approximate surface area is 79.0 Å². The minimum atomic E-state index is -2.59. The molecule has 0 nitrogen and oxygen atoms in total. The van der Waals surface area contributed by atoms with Gasteiger partial charge in [-0.25, -0.2) is 8.78 Å². The first-order chi connectivity index (χ1) is 6.04. The molecule has 0 fully saturated rings. The molecule has 0 N–H and O–H groups in total. The highest BCUT2D eigenvalue weighted by Gasteiger charge is 2.38. The monoisotopic (exact) mass is 188 g/mol.